The van der Waals surface area contributed by atoms with E-state index in [0.717, 1.165) is 28.6 Å². The van der Waals surface area contributed by atoms with Crippen molar-refractivity contribution >= 4 is 29.0 Å². The van der Waals surface area contributed by atoms with Crippen LogP contribution in [-0.2, 0) is 11.3 Å². The van der Waals surface area contributed by atoms with E-state index in [-0.39, 0.29) is 11.7 Å². The molecule has 0 spiro atoms. The van der Waals surface area contributed by atoms with Gasteiger partial charge in [-0.1, -0.05) is 48.2 Å². The fourth-order valence-corrected chi connectivity index (χ4v) is 3.98. The Balaban J connectivity index is 1.44. The number of amides is 1. The highest BCUT2D eigenvalue weighted by atomic mass is 32.2. The third kappa shape index (κ3) is 6.14. The van der Waals surface area contributed by atoms with E-state index in [2.05, 4.69) is 20.8 Å². The summed E-state index contributed by atoms with van der Waals surface area (Å²) in [5, 5.41) is 15.7. The first-order chi connectivity index (χ1) is 16.2. The van der Waals surface area contributed by atoms with Crippen LogP contribution >= 0.6 is 11.8 Å². The molecule has 8 heteroatoms. The van der Waals surface area contributed by atoms with E-state index in [1.807, 2.05) is 96.4 Å². The van der Waals surface area contributed by atoms with Crippen LogP contribution in [0.2, 0.25) is 0 Å². The van der Waals surface area contributed by atoms with Gasteiger partial charge in [-0.2, -0.15) is 0 Å². The predicted octanol–water partition coefficient (Wildman–Crippen LogP) is 5.01. The monoisotopic (exact) mass is 459 g/mol. The number of hydrogen-bond donors (Lipinski definition) is 2. The molecule has 1 aromatic heterocycles. The molecule has 3 aromatic carbocycles. The molecule has 168 valence electrons. The second kappa shape index (κ2) is 11.2. The van der Waals surface area contributed by atoms with Crippen molar-refractivity contribution in [3.05, 3.63) is 90.8 Å². The van der Waals surface area contributed by atoms with Crippen LogP contribution in [0.1, 0.15) is 12.7 Å². The van der Waals surface area contributed by atoms with E-state index < -0.39 is 0 Å². The maximum atomic E-state index is 12.5. The number of nitrogens with one attached hydrogen (secondary N) is 2. The van der Waals surface area contributed by atoms with Crippen LogP contribution in [0.15, 0.2) is 90.1 Å². The quantitative estimate of drug-likeness (QED) is 0.325. The first kappa shape index (κ1) is 22.4. The Kier molecular flexibility index (Phi) is 7.60. The number of benzene rings is 3. The number of anilines is 2. The summed E-state index contributed by atoms with van der Waals surface area (Å²) in [4.78, 5) is 12.5. The number of para-hydroxylation sites is 2. The van der Waals surface area contributed by atoms with Crippen LogP contribution in [0.5, 0.6) is 5.75 Å². The molecule has 4 aromatic rings. The molecule has 0 aliphatic heterocycles. The Labute approximate surface area is 197 Å². The Hall–Kier alpha value is -3.78. The SMILES string of the molecule is CCOc1ccc(NC(=O)CSc2nnc(CNc3ccccc3)n2-c2ccccc2)cc1. The number of nitrogens with zero attached hydrogens (tertiary/aromatic N) is 3. The molecule has 7 nitrogen and oxygen atoms in total. The van der Waals surface area contributed by atoms with Crippen molar-refractivity contribution in [3.8, 4) is 11.4 Å². The van der Waals surface area contributed by atoms with E-state index in [4.69, 9.17) is 4.74 Å². The minimum Gasteiger partial charge on any atom is -0.494 e. The molecule has 0 bridgehead atoms. The second-order valence-corrected chi connectivity index (χ2v) is 8.03. The summed E-state index contributed by atoms with van der Waals surface area (Å²) >= 11 is 1.35. The Morgan fingerprint density at radius 3 is 2.30 bits per heavy atom. The fraction of sp³-hybridized carbons (Fsp3) is 0.160. The van der Waals surface area contributed by atoms with Gasteiger partial charge >= 0.3 is 0 Å². The van der Waals surface area contributed by atoms with Crippen molar-refractivity contribution in [3.63, 3.8) is 0 Å². The molecule has 0 saturated heterocycles. The molecular formula is C25H25N5O2S. The molecule has 0 radical (unpaired) electrons. The zero-order valence-corrected chi connectivity index (χ0v) is 19.1. The lowest BCUT2D eigenvalue weighted by molar-refractivity contribution is -0.113. The zero-order valence-electron chi connectivity index (χ0n) is 18.3. The van der Waals surface area contributed by atoms with Crippen LogP contribution in [0, 0.1) is 0 Å². The van der Waals surface area contributed by atoms with Crippen molar-refractivity contribution in [2.45, 2.75) is 18.6 Å². The van der Waals surface area contributed by atoms with Crippen molar-refractivity contribution in [2.75, 3.05) is 23.0 Å². The largest absolute Gasteiger partial charge is 0.494 e. The minimum atomic E-state index is -0.115. The summed E-state index contributed by atoms with van der Waals surface area (Å²) in [5.41, 5.74) is 2.67. The van der Waals surface area contributed by atoms with Gasteiger partial charge in [-0.3, -0.25) is 9.36 Å². The fourth-order valence-electron chi connectivity index (χ4n) is 3.21. The van der Waals surface area contributed by atoms with Gasteiger partial charge in [0.2, 0.25) is 5.91 Å². The smallest absolute Gasteiger partial charge is 0.234 e. The van der Waals surface area contributed by atoms with Crippen LogP contribution in [0.25, 0.3) is 5.69 Å². The van der Waals surface area contributed by atoms with Gasteiger partial charge in [0, 0.05) is 17.1 Å². The Morgan fingerprint density at radius 1 is 0.909 bits per heavy atom. The number of carbonyl (C=O) groups excluding carboxylic acids is 1. The molecule has 2 N–H and O–H groups in total. The average molecular weight is 460 g/mol. The molecule has 1 heterocycles. The minimum absolute atomic E-state index is 0.115. The van der Waals surface area contributed by atoms with Crippen molar-refractivity contribution in [2.24, 2.45) is 0 Å². The lowest BCUT2D eigenvalue weighted by Crippen LogP contribution is -2.15. The Bertz CT molecular complexity index is 1160. The van der Waals surface area contributed by atoms with Crippen LogP contribution in [0.4, 0.5) is 11.4 Å². The highest BCUT2D eigenvalue weighted by molar-refractivity contribution is 7.99. The predicted molar refractivity (Wildman–Crippen MR) is 132 cm³/mol. The lowest BCUT2D eigenvalue weighted by Gasteiger charge is -2.11. The highest BCUT2D eigenvalue weighted by Crippen LogP contribution is 2.23. The molecule has 4 rings (SSSR count). The molecule has 1 amide bonds. The van der Waals surface area contributed by atoms with Gasteiger partial charge in [0.25, 0.3) is 0 Å². The van der Waals surface area contributed by atoms with Gasteiger partial charge in [-0.05, 0) is 55.5 Å². The summed E-state index contributed by atoms with van der Waals surface area (Å²) in [6.45, 7) is 3.04. The van der Waals surface area contributed by atoms with E-state index in [1.54, 1.807) is 0 Å². The van der Waals surface area contributed by atoms with Gasteiger partial charge < -0.3 is 15.4 Å². The van der Waals surface area contributed by atoms with E-state index in [0.29, 0.717) is 18.3 Å². The van der Waals surface area contributed by atoms with Crippen molar-refractivity contribution in [1.82, 2.24) is 14.8 Å². The maximum Gasteiger partial charge on any atom is 0.234 e. The molecule has 0 atom stereocenters. The van der Waals surface area contributed by atoms with E-state index in [1.165, 1.54) is 11.8 Å². The third-order valence-electron chi connectivity index (χ3n) is 4.72. The zero-order chi connectivity index (χ0) is 22.9. The van der Waals surface area contributed by atoms with Crippen LogP contribution < -0.4 is 15.4 Å². The molecular weight excluding hydrogens is 434 g/mol. The van der Waals surface area contributed by atoms with Crippen LogP contribution in [0.3, 0.4) is 0 Å². The number of aromatic nitrogens is 3. The highest BCUT2D eigenvalue weighted by Gasteiger charge is 2.16. The summed E-state index contributed by atoms with van der Waals surface area (Å²) in [6, 6.07) is 27.2. The maximum absolute atomic E-state index is 12.5. The van der Waals surface area contributed by atoms with Gasteiger partial charge in [-0.25, -0.2) is 0 Å². The molecule has 0 fully saturated rings. The number of thioether (sulfide) groups is 1. The van der Waals surface area contributed by atoms with Crippen LogP contribution in [-0.4, -0.2) is 33.0 Å². The van der Waals surface area contributed by atoms with Crippen molar-refractivity contribution < 1.29 is 9.53 Å². The number of rotatable bonds is 10. The standard InChI is InChI=1S/C25H25N5O2S/c1-2-32-22-15-13-20(14-16-22)27-24(31)18-33-25-29-28-23(17-26-19-9-5-3-6-10-19)30(25)21-11-7-4-8-12-21/h3-16,26H,2,17-18H2,1H3,(H,27,31). The lowest BCUT2D eigenvalue weighted by atomic mass is 10.3. The van der Waals surface area contributed by atoms with Gasteiger partial charge in [0.15, 0.2) is 11.0 Å². The van der Waals surface area contributed by atoms with E-state index >= 15 is 0 Å². The summed E-state index contributed by atoms with van der Waals surface area (Å²) in [6.07, 6.45) is 0. The average Bonchev–Trinajstić information content (AvgIpc) is 3.27. The van der Waals surface area contributed by atoms with Gasteiger partial charge in [-0.15, -0.1) is 10.2 Å². The molecule has 33 heavy (non-hydrogen) atoms. The second-order valence-electron chi connectivity index (χ2n) is 7.08. The molecule has 0 aliphatic carbocycles. The van der Waals surface area contributed by atoms with E-state index in [9.17, 15) is 4.79 Å². The third-order valence-corrected chi connectivity index (χ3v) is 5.65. The number of ether oxygens (including phenoxy) is 1. The van der Waals surface area contributed by atoms with Gasteiger partial charge in [0.05, 0.1) is 18.9 Å². The topological polar surface area (TPSA) is 81.1 Å². The summed E-state index contributed by atoms with van der Waals surface area (Å²) in [5.74, 6) is 1.64. The van der Waals surface area contributed by atoms with Gasteiger partial charge in [0.1, 0.15) is 5.75 Å². The normalized spacial score (nSPS) is 10.6. The molecule has 0 saturated carbocycles. The summed E-state index contributed by atoms with van der Waals surface area (Å²) in [7, 11) is 0. The van der Waals surface area contributed by atoms with Crippen molar-refractivity contribution in [1.29, 1.82) is 0 Å². The molecule has 0 unspecified atom stereocenters. The Morgan fingerprint density at radius 2 is 1.61 bits per heavy atom. The summed E-state index contributed by atoms with van der Waals surface area (Å²) < 4.78 is 7.41. The first-order valence-corrected chi connectivity index (χ1v) is 11.7. The number of carbonyl (C=O) groups is 1. The molecule has 0 aliphatic rings. The first-order valence-electron chi connectivity index (χ1n) is 10.7. The number of hydrogen-bond acceptors (Lipinski definition) is 6.